The molecule has 2 N–H and O–H groups in total. The highest BCUT2D eigenvalue weighted by atomic mass is 32.2. The van der Waals surface area contributed by atoms with Gasteiger partial charge in [0, 0.05) is 12.6 Å². The molecule has 1 amide bonds. The van der Waals surface area contributed by atoms with E-state index in [9.17, 15) is 13.2 Å². The Kier molecular flexibility index (Phi) is 3.85. The number of carbonyl (C=O) groups is 1. The zero-order valence-corrected chi connectivity index (χ0v) is 13.6. The lowest BCUT2D eigenvalue weighted by molar-refractivity contribution is 0.100. The van der Waals surface area contributed by atoms with Crippen LogP contribution in [-0.4, -0.2) is 21.4 Å². The highest BCUT2D eigenvalue weighted by molar-refractivity contribution is 7.92. The van der Waals surface area contributed by atoms with E-state index in [1.165, 1.54) is 29.0 Å². The lowest BCUT2D eigenvalue weighted by Gasteiger charge is -2.20. The predicted octanol–water partition coefficient (Wildman–Crippen LogP) is 2.10. The van der Waals surface area contributed by atoms with Crippen molar-refractivity contribution in [2.24, 2.45) is 5.73 Å². The number of anilines is 1. The van der Waals surface area contributed by atoms with Gasteiger partial charge in [-0.05, 0) is 66.8 Å². The molecule has 0 heterocycles. The zero-order chi connectivity index (χ0) is 16.6. The van der Waals surface area contributed by atoms with Gasteiger partial charge in [-0.25, -0.2) is 8.42 Å². The molecule has 3 rings (SSSR count). The number of nitrogens with two attached hydrogens (primary N) is 1. The molecule has 0 unspecified atom stereocenters. The number of sulfonamides is 1. The summed E-state index contributed by atoms with van der Waals surface area (Å²) < 4.78 is 26.8. The number of rotatable bonds is 4. The molecule has 1 aliphatic rings. The maximum absolute atomic E-state index is 12.8. The van der Waals surface area contributed by atoms with Gasteiger partial charge in [0.25, 0.3) is 10.0 Å². The predicted molar refractivity (Wildman–Crippen MR) is 89.0 cm³/mol. The third-order valence-electron chi connectivity index (χ3n) is 4.24. The smallest absolute Gasteiger partial charge is 0.264 e. The Hall–Kier alpha value is -2.34. The molecule has 1 aliphatic carbocycles. The first-order valence-corrected chi connectivity index (χ1v) is 8.84. The van der Waals surface area contributed by atoms with E-state index >= 15 is 0 Å². The highest BCUT2D eigenvalue weighted by Gasteiger charge is 2.23. The van der Waals surface area contributed by atoms with Gasteiger partial charge in [-0.2, -0.15) is 0 Å². The normalized spacial score (nSPS) is 13.6. The van der Waals surface area contributed by atoms with E-state index in [-0.39, 0.29) is 0 Å². The molecule has 5 nitrogen and oxygen atoms in total. The molecule has 0 spiro atoms. The molecule has 2 aromatic rings. The second-order valence-corrected chi connectivity index (χ2v) is 7.64. The average molecular weight is 330 g/mol. The SMILES string of the molecule is CN(c1ccc(C(N)=O)cc1)S(=O)(=O)c1ccc2c(c1)CCC2. The number of primary amides is 1. The Balaban J connectivity index is 1.93. The first-order valence-electron chi connectivity index (χ1n) is 7.40. The maximum atomic E-state index is 12.8. The molecule has 23 heavy (non-hydrogen) atoms. The minimum atomic E-state index is -3.63. The number of carbonyl (C=O) groups excluding carboxylic acids is 1. The number of aryl methyl sites for hydroxylation is 2. The zero-order valence-electron chi connectivity index (χ0n) is 12.8. The van der Waals surface area contributed by atoms with Crippen molar-refractivity contribution in [1.29, 1.82) is 0 Å². The highest BCUT2D eigenvalue weighted by Crippen LogP contribution is 2.28. The fourth-order valence-corrected chi connectivity index (χ4v) is 4.09. The molecule has 0 saturated heterocycles. The Morgan fingerprint density at radius 3 is 2.35 bits per heavy atom. The Labute approximate surface area is 135 Å². The van der Waals surface area contributed by atoms with Gasteiger partial charge in [-0.3, -0.25) is 9.10 Å². The maximum Gasteiger partial charge on any atom is 0.264 e. The molecule has 0 radical (unpaired) electrons. The van der Waals surface area contributed by atoms with Crippen LogP contribution in [-0.2, 0) is 22.9 Å². The molecular formula is C17H18N2O3S. The van der Waals surface area contributed by atoms with Crippen LogP contribution < -0.4 is 10.0 Å². The molecule has 0 atom stereocenters. The largest absolute Gasteiger partial charge is 0.366 e. The van der Waals surface area contributed by atoms with Gasteiger partial charge in [0.15, 0.2) is 0 Å². The van der Waals surface area contributed by atoms with E-state index in [2.05, 4.69) is 0 Å². The number of fused-ring (bicyclic) bond motifs is 1. The van der Waals surface area contributed by atoms with E-state index in [0.717, 1.165) is 24.8 Å². The van der Waals surface area contributed by atoms with E-state index in [1.54, 1.807) is 24.3 Å². The number of nitrogens with zero attached hydrogens (tertiary/aromatic N) is 1. The molecule has 0 fully saturated rings. The molecule has 0 aromatic heterocycles. The van der Waals surface area contributed by atoms with Gasteiger partial charge in [0.05, 0.1) is 10.6 Å². The topological polar surface area (TPSA) is 80.5 Å². The third kappa shape index (κ3) is 2.82. The van der Waals surface area contributed by atoms with Crippen molar-refractivity contribution in [3.05, 3.63) is 59.2 Å². The number of hydrogen-bond donors (Lipinski definition) is 1. The summed E-state index contributed by atoms with van der Waals surface area (Å²) in [5, 5.41) is 0. The van der Waals surface area contributed by atoms with Crippen LogP contribution >= 0.6 is 0 Å². The van der Waals surface area contributed by atoms with E-state index in [1.807, 2.05) is 6.07 Å². The summed E-state index contributed by atoms with van der Waals surface area (Å²) >= 11 is 0. The first-order chi connectivity index (χ1) is 10.9. The van der Waals surface area contributed by atoms with Crippen molar-refractivity contribution in [2.45, 2.75) is 24.2 Å². The van der Waals surface area contributed by atoms with Gasteiger partial charge >= 0.3 is 0 Å². The van der Waals surface area contributed by atoms with Crippen LogP contribution in [0.3, 0.4) is 0 Å². The van der Waals surface area contributed by atoms with Crippen molar-refractivity contribution in [2.75, 3.05) is 11.4 Å². The van der Waals surface area contributed by atoms with Crippen LogP contribution in [0.1, 0.15) is 27.9 Å². The number of hydrogen-bond acceptors (Lipinski definition) is 3. The minimum absolute atomic E-state index is 0.291. The fraction of sp³-hybridized carbons (Fsp3) is 0.235. The second-order valence-electron chi connectivity index (χ2n) is 5.67. The summed E-state index contributed by atoms with van der Waals surface area (Å²) in [5.41, 5.74) is 8.37. The van der Waals surface area contributed by atoms with Crippen LogP contribution in [0.5, 0.6) is 0 Å². The summed E-state index contributed by atoms with van der Waals surface area (Å²) in [6.45, 7) is 0. The van der Waals surface area contributed by atoms with Crippen molar-refractivity contribution in [1.82, 2.24) is 0 Å². The first kappa shape index (κ1) is 15.6. The van der Waals surface area contributed by atoms with E-state index in [4.69, 9.17) is 5.73 Å². The Morgan fingerprint density at radius 2 is 1.70 bits per heavy atom. The molecule has 0 aliphatic heterocycles. The minimum Gasteiger partial charge on any atom is -0.366 e. The van der Waals surface area contributed by atoms with Crippen LogP contribution in [0.15, 0.2) is 47.4 Å². The van der Waals surface area contributed by atoms with Crippen LogP contribution in [0, 0.1) is 0 Å². The van der Waals surface area contributed by atoms with E-state index < -0.39 is 15.9 Å². The lowest BCUT2D eigenvalue weighted by atomic mass is 10.1. The lowest BCUT2D eigenvalue weighted by Crippen LogP contribution is -2.26. The summed E-state index contributed by atoms with van der Waals surface area (Å²) in [5.74, 6) is -0.541. The molecule has 120 valence electrons. The van der Waals surface area contributed by atoms with Crippen molar-refractivity contribution in [3.8, 4) is 0 Å². The molecule has 0 bridgehead atoms. The third-order valence-corrected chi connectivity index (χ3v) is 6.03. The summed E-state index contributed by atoms with van der Waals surface area (Å²) in [7, 11) is -2.13. The second kappa shape index (κ2) is 5.70. The summed E-state index contributed by atoms with van der Waals surface area (Å²) in [4.78, 5) is 11.4. The Bertz CT molecular complexity index is 858. The van der Waals surface area contributed by atoms with Gasteiger partial charge < -0.3 is 5.73 Å². The van der Waals surface area contributed by atoms with Crippen LogP contribution in [0.2, 0.25) is 0 Å². The average Bonchev–Trinajstić information content (AvgIpc) is 3.01. The quantitative estimate of drug-likeness (QED) is 0.932. The summed E-state index contributed by atoms with van der Waals surface area (Å²) in [6.07, 6.45) is 3.01. The van der Waals surface area contributed by atoms with Gasteiger partial charge in [-0.15, -0.1) is 0 Å². The van der Waals surface area contributed by atoms with E-state index in [0.29, 0.717) is 16.1 Å². The standard InChI is InChI=1S/C17H18N2O3S/c1-19(15-8-5-13(6-9-15)17(18)20)23(21,22)16-10-7-12-3-2-4-14(12)11-16/h5-11H,2-4H2,1H3,(H2,18,20). The fourth-order valence-electron chi connectivity index (χ4n) is 2.84. The van der Waals surface area contributed by atoms with Gasteiger partial charge in [-0.1, -0.05) is 6.07 Å². The van der Waals surface area contributed by atoms with Crippen molar-refractivity contribution in [3.63, 3.8) is 0 Å². The van der Waals surface area contributed by atoms with Crippen LogP contribution in [0.25, 0.3) is 0 Å². The van der Waals surface area contributed by atoms with Gasteiger partial charge in [0.1, 0.15) is 0 Å². The monoisotopic (exact) mass is 330 g/mol. The van der Waals surface area contributed by atoms with Crippen molar-refractivity contribution < 1.29 is 13.2 Å². The number of benzene rings is 2. The summed E-state index contributed by atoms with van der Waals surface area (Å²) in [6, 6.07) is 11.5. The van der Waals surface area contributed by atoms with Crippen LogP contribution in [0.4, 0.5) is 5.69 Å². The molecular weight excluding hydrogens is 312 g/mol. The molecule has 0 saturated carbocycles. The van der Waals surface area contributed by atoms with Crippen molar-refractivity contribution >= 4 is 21.6 Å². The van der Waals surface area contributed by atoms with Gasteiger partial charge in [0.2, 0.25) is 5.91 Å². The number of amides is 1. The Morgan fingerprint density at radius 1 is 1.04 bits per heavy atom. The molecule has 2 aromatic carbocycles. The molecule has 6 heteroatoms.